The zero-order valence-electron chi connectivity index (χ0n) is 10.8. The maximum Gasteiger partial charge on any atom is 0.241 e. The van der Waals surface area contributed by atoms with Crippen molar-refractivity contribution in [2.45, 2.75) is 10.9 Å². The zero-order valence-corrected chi connectivity index (χ0v) is 11.6. The zero-order chi connectivity index (χ0) is 15.5. The lowest BCUT2D eigenvalue weighted by Gasteiger charge is -2.17. The molecule has 0 fully saturated rings. The van der Waals surface area contributed by atoms with Crippen LogP contribution >= 0.6 is 0 Å². The lowest BCUT2D eigenvalue weighted by Crippen LogP contribution is -2.31. The summed E-state index contributed by atoms with van der Waals surface area (Å²) in [5, 5.41) is 9.33. The van der Waals surface area contributed by atoms with Crippen molar-refractivity contribution in [3.63, 3.8) is 0 Å². The second-order valence-electron chi connectivity index (χ2n) is 4.34. The molecule has 0 aliphatic heterocycles. The Morgan fingerprint density at radius 2 is 1.71 bits per heavy atom. The third kappa shape index (κ3) is 3.63. The van der Waals surface area contributed by atoms with Crippen LogP contribution in [0.15, 0.2) is 53.4 Å². The molecule has 0 aliphatic carbocycles. The second-order valence-corrected chi connectivity index (χ2v) is 6.06. The van der Waals surface area contributed by atoms with Gasteiger partial charge in [0.2, 0.25) is 10.0 Å². The molecule has 0 aromatic heterocycles. The van der Waals surface area contributed by atoms with Crippen molar-refractivity contribution in [1.82, 2.24) is 4.72 Å². The van der Waals surface area contributed by atoms with E-state index in [0.29, 0.717) is 11.6 Å². The smallest absolute Gasteiger partial charge is 0.241 e. The van der Waals surface area contributed by atoms with Gasteiger partial charge in [-0.05, 0) is 23.8 Å². The van der Waals surface area contributed by atoms with Crippen LogP contribution in [0.25, 0.3) is 0 Å². The standard InChI is InChI=1S/C14H13F2NO3S/c15-12-7-6-11(8-13(12)16)21(19,20)17-14(9-18)10-4-2-1-3-5-10/h1-8,14,17-18H,9H2/t14-/m0/s1. The highest BCUT2D eigenvalue weighted by Crippen LogP contribution is 2.18. The normalized spacial score (nSPS) is 13.1. The number of aliphatic hydroxyl groups excluding tert-OH is 1. The van der Waals surface area contributed by atoms with Crippen molar-refractivity contribution in [2.75, 3.05) is 6.61 Å². The average Bonchev–Trinajstić information content (AvgIpc) is 2.48. The molecule has 0 unspecified atom stereocenters. The van der Waals surface area contributed by atoms with E-state index in [0.717, 1.165) is 12.1 Å². The van der Waals surface area contributed by atoms with Crippen molar-refractivity contribution in [3.8, 4) is 0 Å². The fourth-order valence-corrected chi connectivity index (χ4v) is 3.02. The van der Waals surface area contributed by atoms with E-state index in [4.69, 9.17) is 0 Å². The molecule has 2 N–H and O–H groups in total. The monoisotopic (exact) mass is 313 g/mol. The maximum atomic E-state index is 13.1. The van der Waals surface area contributed by atoms with E-state index in [2.05, 4.69) is 4.72 Å². The summed E-state index contributed by atoms with van der Waals surface area (Å²) in [6.07, 6.45) is 0. The van der Waals surface area contributed by atoms with Crippen LogP contribution in [0.5, 0.6) is 0 Å². The fraction of sp³-hybridized carbons (Fsp3) is 0.143. The number of aliphatic hydroxyl groups is 1. The molecular formula is C14H13F2NO3S. The molecule has 0 bridgehead atoms. The van der Waals surface area contributed by atoms with E-state index in [1.165, 1.54) is 0 Å². The maximum absolute atomic E-state index is 13.1. The van der Waals surface area contributed by atoms with Crippen LogP contribution in [0.2, 0.25) is 0 Å². The van der Waals surface area contributed by atoms with Crippen molar-refractivity contribution in [3.05, 3.63) is 65.7 Å². The van der Waals surface area contributed by atoms with Crippen LogP contribution in [0.1, 0.15) is 11.6 Å². The van der Waals surface area contributed by atoms with E-state index >= 15 is 0 Å². The van der Waals surface area contributed by atoms with Gasteiger partial charge in [-0.1, -0.05) is 30.3 Å². The molecule has 4 nitrogen and oxygen atoms in total. The first-order chi connectivity index (χ1) is 9.94. The summed E-state index contributed by atoms with van der Waals surface area (Å²) in [6, 6.07) is 9.86. The number of sulfonamides is 1. The van der Waals surface area contributed by atoms with Crippen LogP contribution in [0, 0.1) is 11.6 Å². The van der Waals surface area contributed by atoms with Crippen molar-refractivity contribution < 1.29 is 22.3 Å². The number of nitrogens with one attached hydrogen (secondary N) is 1. The molecule has 2 aromatic rings. The Bertz CT molecular complexity index is 720. The van der Waals surface area contributed by atoms with Gasteiger partial charge in [0.15, 0.2) is 11.6 Å². The van der Waals surface area contributed by atoms with Crippen LogP contribution in [-0.4, -0.2) is 20.1 Å². The first kappa shape index (κ1) is 15.6. The molecule has 0 aliphatic rings. The van der Waals surface area contributed by atoms with Gasteiger partial charge < -0.3 is 5.11 Å². The van der Waals surface area contributed by atoms with E-state index in [1.54, 1.807) is 30.3 Å². The van der Waals surface area contributed by atoms with Crippen molar-refractivity contribution in [1.29, 1.82) is 0 Å². The van der Waals surface area contributed by atoms with Crippen molar-refractivity contribution >= 4 is 10.0 Å². The van der Waals surface area contributed by atoms with Crippen LogP contribution < -0.4 is 4.72 Å². The lowest BCUT2D eigenvalue weighted by atomic mass is 10.1. The lowest BCUT2D eigenvalue weighted by molar-refractivity contribution is 0.259. The van der Waals surface area contributed by atoms with Gasteiger partial charge in [-0.15, -0.1) is 0 Å². The van der Waals surface area contributed by atoms with E-state index in [-0.39, 0.29) is 0 Å². The van der Waals surface area contributed by atoms with Gasteiger partial charge in [-0.3, -0.25) is 0 Å². The molecule has 2 rings (SSSR count). The number of hydrogen-bond donors (Lipinski definition) is 2. The van der Waals surface area contributed by atoms with Gasteiger partial charge in [0.1, 0.15) is 0 Å². The first-order valence-corrected chi connectivity index (χ1v) is 7.55. The predicted molar refractivity (Wildman–Crippen MR) is 72.9 cm³/mol. The van der Waals surface area contributed by atoms with Crippen LogP contribution in [0.3, 0.4) is 0 Å². The third-order valence-corrected chi connectivity index (χ3v) is 4.35. The summed E-state index contributed by atoms with van der Waals surface area (Å²) in [5.74, 6) is -2.38. The number of hydrogen-bond acceptors (Lipinski definition) is 3. The van der Waals surface area contributed by atoms with E-state index in [9.17, 15) is 22.3 Å². The largest absolute Gasteiger partial charge is 0.394 e. The number of benzene rings is 2. The highest BCUT2D eigenvalue weighted by molar-refractivity contribution is 7.89. The Morgan fingerprint density at radius 3 is 2.29 bits per heavy atom. The highest BCUT2D eigenvalue weighted by Gasteiger charge is 2.22. The predicted octanol–water partition coefficient (Wildman–Crippen LogP) is 1.98. The molecule has 2 aromatic carbocycles. The van der Waals surface area contributed by atoms with Gasteiger partial charge in [0.25, 0.3) is 0 Å². The second kappa shape index (κ2) is 6.30. The topological polar surface area (TPSA) is 66.4 Å². The summed E-state index contributed by atoms with van der Waals surface area (Å²) in [4.78, 5) is -0.407. The molecule has 1 atom stereocenters. The molecule has 0 heterocycles. The van der Waals surface area contributed by atoms with Gasteiger partial charge in [0, 0.05) is 0 Å². The highest BCUT2D eigenvalue weighted by atomic mass is 32.2. The van der Waals surface area contributed by atoms with Crippen molar-refractivity contribution in [2.24, 2.45) is 0 Å². The average molecular weight is 313 g/mol. The molecule has 0 spiro atoms. The van der Waals surface area contributed by atoms with Gasteiger partial charge in [-0.25, -0.2) is 21.9 Å². The molecule has 0 saturated heterocycles. The Morgan fingerprint density at radius 1 is 1.05 bits per heavy atom. The molecule has 0 radical (unpaired) electrons. The molecule has 0 saturated carbocycles. The quantitative estimate of drug-likeness (QED) is 0.887. The summed E-state index contributed by atoms with van der Waals surface area (Å²) in [6.45, 7) is -0.465. The van der Waals surface area contributed by atoms with Gasteiger partial charge >= 0.3 is 0 Å². The van der Waals surface area contributed by atoms with E-state index < -0.39 is 39.2 Å². The first-order valence-electron chi connectivity index (χ1n) is 6.07. The molecule has 0 amide bonds. The fourth-order valence-electron chi connectivity index (χ4n) is 1.80. The Balaban J connectivity index is 2.29. The molecule has 112 valence electrons. The number of rotatable bonds is 5. The Kier molecular flexibility index (Phi) is 4.66. The Hall–Kier alpha value is -1.83. The van der Waals surface area contributed by atoms with E-state index in [1.807, 2.05) is 0 Å². The molecule has 21 heavy (non-hydrogen) atoms. The minimum Gasteiger partial charge on any atom is -0.394 e. The Labute approximate surface area is 121 Å². The summed E-state index contributed by atoms with van der Waals surface area (Å²) in [7, 11) is -4.08. The minimum atomic E-state index is -4.08. The molecular weight excluding hydrogens is 300 g/mol. The number of halogens is 2. The summed E-state index contributed by atoms with van der Waals surface area (Å²) < 4.78 is 52.5. The SMILES string of the molecule is O=S(=O)(N[C@@H](CO)c1ccccc1)c1ccc(F)c(F)c1. The van der Waals surface area contributed by atoms with Crippen LogP contribution in [0.4, 0.5) is 8.78 Å². The summed E-state index contributed by atoms with van der Waals surface area (Å²) >= 11 is 0. The summed E-state index contributed by atoms with van der Waals surface area (Å²) in [5.41, 5.74) is 0.561. The van der Waals surface area contributed by atoms with Gasteiger partial charge in [-0.2, -0.15) is 0 Å². The van der Waals surface area contributed by atoms with Crippen LogP contribution in [-0.2, 0) is 10.0 Å². The minimum absolute atomic E-state index is 0.407. The van der Waals surface area contributed by atoms with Gasteiger partial charge in [0.05, 0.1) is 17.5 Å². The molecule has 7 heteroatoms. The third-order valence-electron chi connectivity index (χ3n) is 2.88.